The third kappa shape index (κ3) is 9.19. The number of ether oxygens (including phenoxy) is 2. The lowest BCUT2D eigenvalue weighted by Crippen LogP contribution is -2.71. The highest BCUT2D eigenvalue weighted by Crippen LogP contribution is 2.43. The Morgan fingerprint density at radius 1 is 0.766 bits per heavy atom. The summed E-state index contributed by atoms with van der Waals surface area (Å²) < 4.78 is 11.6. The van der Waals surface area contributed by atoms with Gasteiger partial charge in [-0.15, -0.1) is 23.1 Å². The van der Waals surface area contributed by atoms with Crippen LogP contribution in [0.5, 0.6) is 0 Å². The monoisotopic (exact) mass is 891 g/mol. The Balaban J connectivity index is 1.12. The summed E-state index contributed by atoms with van der Waals surface area (Å²) in [6.07, 6.45) is -1.45. The van der Waals surface area contributed by atoms with Crippen LogP contribution in [-0.2, 0) is 34.3 Å². The van der Waals surface area contributed by atoms with E-state index in [9.17, 15) is 19.2 Å². The van der Waals surface area contributed by atoms with E-state index in [1.165, 1.54) is 16.7 Å². The first-order valence-corrected chi connectivity index (χ1v) is 22.5. The van der Waals surface area contributed by atoms with E-state index >= 15 is 0 Å². The van der Waals surface area contributed by atoms with Crippen LogP contribution >= 0.6 is 23.1 Å². The van der Waals surface area contributed by atoms with Crippen molar-refractivity contribution >= 4 is 57.8 Å². The van der Waals surface area contributed by atoms with E-state index in [-0.39, 0.29) is 22.2 Å². The number of benzene rings is 5. The predicted octanol–water partition coefficient (Wildman–Crippen LogP) is 9.21. The molecule has 64 heavy (non-hydrogen) atoms. The van der Waals surface area contributed by atoms with Crippen molar-refractivity contribution in [1.82, 2.24) is 15.2 Å². The molecule has 8 rings (SSSR count). The van der Waals surface area contributed by atoms with E-state index in [0.717, 1.165) is 39.2 Å². The fraction of sp³-hybridized carbons (Fsp3) is 0.200. The van der Waals surface area contributed by atoms with Gasteiger partial charge in [-0.2, -0.15) is 0 Å². The van der Waals surface area contributed by atoms with Crippen molar-refractivity contribution in [3.63, 3.8) is 0 Å². The third-order valence-electron chi connectivity index (χ3n) is 10.5. The number of hydrogen-bond donors (Lipinski definition) is 2. The molecule has 1 fully saturated rings. The van der Waals surface area contributed by atoms with Crippen molar-refractivity contribution in [3.8, 4) is 0 Å². The first kappa shape index (κ1) is 43.6. The molecule has 0 bridgehead atoms. The van der Waals surface area contributed by atoms with Crippen molar-refractivity contribution in [2.45, 2.75) is 56.4 Å². The van der Waals surface area contributed by atoms with Crippen LogP contribution in [-0.4, -0.2) is 62.2 Å². The van der Waals surface area contributed by atoms with Crippen molar-refractivity contribution in [1.29, 1.82) is 0 Å². The predicted molar refractivity (Wildman–Crippen MR) is 247 cm³/mol. The zero-order valence-corrected chi connectivity index (χ0v) is 37.1. The second-order valence-corrected chi connectivity index (χ2v) is 18.0. The van der Waals surface area contributed by atoms with Gasteiger partial charge in [0.15, 0.2) is 16.9 Å². The van der Waals surface area contributed by atoms with E-state index in [0.29, 0.717) is 11.3 Å². The van der Waals surface area contributed by atoms with Gasteiger partial charge in [0.05, 0.1) is 0 Å². The van der Waals surface area contributed by atoms with Crippen LogP contribution in [0, 0.1) is 0 Å². The lowest BCUT2D eigenvalue weighted by Gasteiger charge is -2.49. The molecular formula is C50H45N5O7S2. The summed E-state index contributed by atoms with van der Waals surface area (Å²) >= 11 is 2.48. The highest BCUT2D eigenvalue weighted by molar-refractivity contribution is 8.00. The van der Waals surface area contributed by atoms with Gasteiger partial charge in [0, 0.05) is 27.8 Å². The van der Waals surface area contributed by atoms with Crippen molar-refractivity contribution in [2.24, 2.45) is 5.16 Å². The molecule has 324 valence electrons. The minimum atomic E-state index is -1.36. The number of oxime groups is 1. The molecule has 12 nitrogen and oxygen atoms in total. The second-order valence-electron chi connectivity index (χ2n) is 16.1. The number of anilines is 1. The number of nitrogens with zero attached hydrogens (tertiary/aromatic N) is 3. The molecule has 1 aromatic heterocycles. The van der Waals surface area contributed by atoms with E-state index in [1.807, 2.05) is 152 Å². The van der Waals surface area contributed by atoms with Crippen LogP contribution in [0.4, 0.5) is 9.93 Å². The number of hydrogen-bond acceptors (Lipinski definition) is 11. The molecule has 3 heterocycles. The topological polar surface area (TPSA) is 149 Å². The highest BCUT2D eigenvalue weighted by atomic mass is 32.2. The normalized spacial score (nSPS) is 16.4. The first-order chi connectivity index (χ1) is 30.9. The molecule has 0 radical (unpaired) electrons. The minimum Gasteiger partial charge on any atom is -0.448 e. The SMILES string of the molecule is CC1=C(C(=O)OC(c2ccccc2)c2ccccc2)N2C(=O)C(NC(=O)/C(=N/OC(c3ccccc3)(c3ccccc3)c3ccccc3)c3csc(NC(=O)OC(C)(C)C)n3)C2SC1. The van der Waals surface area contributed by atoms with Gasteiger partial charge in [0.1, 0.15) is 28.4 Å². The fourth-order valence-electron chi connectivity index (χ4n) is 7.55. The van der Waals surface area contributed by atoms with Gasteiger partial charge in [-0.1, -0.05) is 157 Å². The number of thiazole rings is 1. The summed E-state index contributed by atoms with van der Waals surface area (Å²) in [7, 11) is 0. The minimum absolute atomic E-state index is 0.0736. The van der Waals surface area contributed by atoms with Crippen LogP contribution in [0.3, 0.4) is 0 Å². The van der Waals surface area contributed by atoms with E-state index < -0.39 is 52.6 Å². The van der Waals surface area contributed by atoms with E-state index in [4.69, 9.17) is 14.3 Å². The van der Waals surface area contributed by atoms with Gasteiger partial charge in [0.25, 0.3) is 11.8 Å². The Hall–Kier alpha value is -7.03. The van der Waals surface area contributed by atoms with Gasteiger partial charge in [0.2, 0.25) is 5.60 Å². The molecule has 2 atom stereocenters. The molecule has 2 aliphatic heterocycles. The van der Waals surface area contributed by atoms with Gasteiger partial charge in [-0.3, -0.25) is 19.8 Å². The Morgan fingerprint density at radius 3 is 1.77 bits per heavy atom. The molecule has 2 unspecified atom stereocenters. The Bertz CT molecular complexity index is 2550. The number of nitrogens with one attached hydrogen (secondary N) is 2. The highest BCUT2D eigenvalue weighted by Gasteiger charge is 2.54. The maximum atomic E-state index is 14.7. The molecular weight excluding hydrogens is 847 g/mol. The van der Waals surface area contributed by atoms with Crippen LogP contribution in [0.2, 0.25) is 0 Å². The van der Waals surface area contributed by atoms with Gasteiger partial charge in [-0.25, -0.2) is 14.6 Å². The van der Waals surface area contributed by atoms with Gasteiger partial charge >= 0.3 is 12.1 Å². The number of esters is 1. The summed E-state index contributed by atoms with van der Waals surface area (Å²) in [4.78, 5) is 68.5. The third-order valence-corrected chi connectivity index (χ3v) is 12.6. The number of fused-ring (bicyclic) bond motifs is 1. The molecule has 1 saturated heterocycles. The van der Waals surface area contributed by atoms with E-state index in [2.05, 4.69) is 20.8 Å². The number of aromatic nitrogens is 1. The van der Waals surface area contributed by atoms with Gasteiger partial charge < -0.3 is 19.6 Å². The number of carbonyl (C=O) groups excluding carboxylic acids is 4. The van der Waals surface area contributed by atoms with Crippen LogP contribution in [0.25, 0.3) is 0 Å². The molecule has 5 aromatic carbocycles. The zero-order chi connectivity index (χ0) is 44.8. The summed E-state index contributed by atoms with van der Waals surface area (Å²) in [6.45, 7) is 7.03. The second kappa shape index (κ2) is 18.8. The maximum Gasteiger partial charge on any atom is 0.413 e. The molecule has 0 aliphatic carbocycles. The largest absolute Gasteiger partial charge is 0.448 e. The van der Waals surface area contributed by atoms with Crippen molar-refractivity contribution in [2.75, 3.05) is 11.1 Å². The molecule has 3 amide bonds. The smallest absolute Gasteiger partial charge is 0.413 e. The quantitative estimate of drug-likeness (QED) is 0.0381. The fourth-order valence-corrected chi connectivity index (χ4v) is 9.52. The number of β-lactam (4-membered cyclic amide) rings is 1. The first-order valence-electron chi connectivity index (χ1n) is 20.6. The average Bonchev–Trinajstić information content (AvgIpc) is 3.77. The zero-order valence-electron chi connectivity index (χ0n) is 35.5. The van der Waals surface area contributed by atoms with Crippen molar-refractivity contribution in [3.05, 3.63) is 202 Å². The standard InChI is InChI=1S/C50H45N5O7S2/c1-32-30-63-45-40(44(57)55(45)41(32)46(58)60-42(33-20-10-5-11-21-33)34-22-12-6-13-23-34)52-43(56)39(38-31-64-47(51-38)53-48(59)61-49(2,3)4)54-62-50(35-24-14-7-15-25-35,36-26-16-8-17-27-36)37-28-18-9-19-29-37/h5-29,31,40,42,45H,30H2,1-4H3,(H,52,56)(H,51,53,59)/b54-39+. The number of amides is 3. The Kier molecular flexibility index (Phi) is 12.8. The molecule has 6 aromatic rings. The molecule has 14 heteroatoms. The molecule has 0 spiro atoms. The van der Waals surface area contributed by atoms with Gasteiger partial charge in [-0.05, 0) is 44.4 Å². The van der Waals surface area contributed by atoms with Crippen LogP contribution < -0.4 is 10.6 Å². The molecule has 2 N–H and O–H groups in total. The van der Waals surface area contributed by atoms with Crippen molar-refractivity contribution < 1.29 is 33.5 Å². The lowest BCUT2D eigenvalue weighted by molar-refractivity contribution is -0.154. The number of rotatable bonds is 13. The van der Waals surface area contributed by atoms with Crippen LogP contribution in [0.15, 0.2) is 173 Å². The maximum absolute atomic E-state index is 14.7. The van der Waals surface area contributed by atoms with Crippen LogP contribution in [0.1, 0.15) is 67.3 Å². The summed E-state index contributed by atoms with van der Waals surface area (Å²) in [6, 6.07) is 46.4. The lowest BCUT2D eigenvalue weighted by atomic mass is 9.80. The average molecular weight is 892 g/mol. The molecule has 0 saturated carbocycles. The summed E-state index contributed by atoms with van der Waals surface area (Å²) in [5, 5.41) is 11.2. The Morgan fingerprint density at radius 2 is 1.27 bits per heavy atom. The number of thioether (sulfide) groups is 1. The Labute approximate surface area is 379 Å². The van der Waals surface area contributed by atoms with E-state index in [1.54, 1.807) is 33.1 Å². The summed E-state index contributed by atoms with van der Waals surface area (Å²) in [5.74, 6) is -1.50. The summed E-state index contributed by atoms with van der Waals surface area (Å²) in [5.41, 5.74) is 2.25. The number of carbonyl (C=O) groups is 4. The molecule has 2 aliphatic rings.